The van der Waals surface area contributed by atoms with Crippen molar-refractivity contribution >= 4 is 23.2 Å². The first-order chi connectivity index (χ1) is 11.7. The van der Waals surface area contributed by atoms with E-state index in [1.807, 2.05) is 41.3 Å². The topological polar surface area (TPSA) is 42.7 Å². The van der Waals surface area contributed by atoms with Crippen LogP contribution in [0.25, 0.3) is 0 Å². The lowest BCUT2D eigenvalue weighted by Gasteiger charge is -2.26. The minimum Gasteiger partial charge on any atom is -0.467 e. The van der Waals surface area contributed by atoms with E-state index in [1.54, 1.807) is 6.26 Å². The van der Waals surface area contributed by atoms with E-state index in [0.717, 1.165) is 43.9 Å². The maximum Gasteiger partial charge on any atom is 0.231 e. The molecule has 4 nitrogen and oxygen atoms in total. The molecule has 2 aliphatic rings. The summed E-state index contributed by atoms with van der Waals surface area (Å²) >= 11 is 5.99. The molecule has 1 atom stereocenters. The van der Waals surface area contributed by atoms with Crippen LogP contribution in [0, 0.1) is 11.3 Å². The van der Waals surface area contributed by atoms with Crippen LogP contribution in [-0.2, 0) is 16.1 Å². The smallest absolute Gasteiger partial charge is 0.231 e. The molecule has 1 amide bonds. The third kappa shape index (κ3) is 2.96. The molecule has 1 aliphatic heterocycles. The highest BCUT2D eigenvalue weighted by Crippen LogP contribution is 2.60. The Bertz CT molecular complexity index is 705. The van der Waals surface area contributed by atoms with Crippen LogP contribution in [0.1, 0.15) is 25.0 Å². The van der Waals surface area contributed by atoms with E-state index in [2.05, 4.69) is 0 Å². The lowest BCUT2D eigenvalue weighted by atomic mass is 9.93. The van der Waals surface area contributed by atoms with Crippen LogP contribution in [0.2, 0.25) is 5.02 Å². The first kappa shape index (κ1) is 15.7. The van der Waals surface area contributed by atoms with Gasteiger partial charge in [0.1, 0.15) is 5.76 Å². The Morgan fingerprint density at radius 2 is 1.96 bits per heavy atom. The number of carbonyl (C=O) groups excluding carboxylic acids is 1. The summed E-state index contributed by atoms with van der Waals surface area (Å²) < 4.78 is 10.9. The third-order valence-corrected chi connectivity index (χ3v) is 5.53. The van der Waals surface area contributed by atoms with Gasteiger partial charge in [0.2, 0.25) is 5.91 Å². The van der Waals surface area contributed by atoms with Crippen molar-refractivity contribution in [3.63, 3.8) is 0 Å². The zero-order valence-corrected chi connectivity index (χ0v) is 14.2. The predicted molar refractivity (Wildman–Crippen MR) is 91.9 cm³/mol. The van der Waals surface area contributed by atoms with Crippen molar-refractivity contribution in [2.75, 3.05) is 18.1 Å². The minimum absolute atomic E-state index is 0.0899. The van der Waals surface area contributed by atoms with E-state index < -0.39 is 0 Å². The molecule has 1 aromatic carbocycles. The van der Waals surface area contributed by atoms with E-state index in [4.69, 9.17) is 20.8 Å². The summed E-state index contributed by atoms with van der Waals surface area (Å²) in [6.45, 7) is 1.97. The van der Waals surface area contributed by atoms with Crippen molar-refractivity contribution in [1.82, 2.24) is 0 Å². The number of halogens is 1. The quantitative estimate of drug-likeness (QED) is 0.830. The van der Waals surface area contributed by atoms with E-state index in [9.17, 15) is 4.79 Å². The van der Waals surface area contributed by atoms with Gasteiger partial charge in [-0.15, -0.1) is 0 Å². The summed E-state index contributed by atoms with van der Waals surface area (Å²) in [5, 5.41) is 0.663. The largest absolute Gasteiger partial charge is 0.467 e. The molecule has 2 heterocycles. The number of ether oxygens (including phenoxy) is 1. The molecule has 1 saturated heterocycles. The molecule has 126 valence electrons. The fourth-order valence-corrected chi connectivity index (χ4v) is 3.82. The van der Waals surface area contributed by atoms with Crippen LogP contribution in [0.15, 0.2) is 47.1 Å². The standard InChI is InChI=1S/C19H20ClNO3/c20-14-3-5-15(6-4-14)21(13-16-2-1-9-24-16)18(22)17-12-19(17)7-10-23-11-8-19/h1-6,9,17H,7-8,10-13H2/t17-/m1/s1. The minimum atomic E-state index is 0.0899. The van der Waals surface area contributed by atoms with Crippen molar-refractivity contribution in [3.8, 4) is 0 Å². The van der Waals surface area contributed by atoms with E-state index in [-0.39, 0.29) is 17.2 Å². The zero-order chi connectivity index (χ0) is 16.6. The SMILES string of the molecule is O=C([C@H]1CC12CCOCC2)N(Cc1ccco1)c1ccc(Cl)cc1. The van der Waals surface area contributed by atoms with Gasteiger partial charge < -0.3 is 14.1 Å². The van der Waals surface area contributed by atoms with Gasteiger partial charge in [-0.05, 0) is 61.1 Å². The molecule has 2 aromatic rings. The van der Waals surface area contributed by atoms with Crippen molar-refractivity contribution in [2.45, 2.75) is 25.8 Å². The van der Waals surface area contributed by atoms with Gasteiger partial charge in [0.05, 0.1) is 12.8 Å². The molecule has 0 N–H and O–H groups in total. The molecule has 0 bridgehead atoms. The number of benzene rings is 1. The number of amides is 1. The molecule has 2 fully saturated rings. The molecule has 0 unspecified atom stereocenters. The Hall–Kier alpha value is -1.78. The normalized spacial score (nSPS) is 21.6. The van der Waals surface area contributed by atoms with Crippen molar-refractivity contribution in [3.05, 3.63) is 53.4 Å². The molecule has 24 heavy (non-hydrogen) atoms. The molecule has 1 aliphatic carbocycles. The second-order valence-corrected chi connectivity index (χ2v) is 7.15. The summed E-state index contributed by atoms with van der Waals surface area (Å²) in [6.07, 6.45) is 4.58. The summed E-state index contributed by atoms with van der Waals surface area (Å²) in [5.74, 6) is 1.04. The lowest BCUT2D eigenvalue weighted by Crippen LogP contribution is -2.34. The Labute approximate surface area is 146 Å². The summed E-state index contributed by atoms with van der Waals surface area (Å²) in [4.78, 5) is 15.0. The monoisotopic (exact) mass is 345 g/mol. The molecule has 1 aromatic heterocycles. The second-order valence-electron chi connectivity index (χ2n) is 6.71. The van der Waals surface area contributed by atoms with Gasteiger partial charge >= 0.3 is 0 Å². The molecule has 0 radical (unpaired) electrons. The van der Waals surface area contributed by atoms with Gasteiger partial charge in [-0.3, -0.25) is 4.79 Å². The molecule has 1 spiro atoms. The third-order valence-electron chi connectivity index (χ3n) is 5.27. The first-order valence-electron chi connectivity index (χ1n) is 8.35. The average molecular weight is 346 g/mol. The van der Waals surface area contributed by atoms with E-state index >= 15 is 0 Å². The maximum atomic E-state index is 13.2. The van der Waals surface area contributed by atoms with Crippen molar-refractivity contribution < 1.29 is 13.9 Å². The number of carbonyl (C=O) groups is 1. The Morgan fingerprint density at radius 3 is 2.62 bits per heavy atom. The van der Waals surface area contributed by atoms with Crippen LogP contribution >= 0.6 is 11.6 Å². The average Bonchev–Trinajstić information content (AvgIpc) is 3.05. The molecule has 1 saturated carbocycles. The first-order valence-corrected chi connectivity index (χ1v) is 8.73. The molecule has 5 heteroatoms. The lowest BCUT2D eigenvalue weighted by molar-refractivity contribution is -0.121. The predicted octanol–water partition coefficient (Wildman–Crippen LogP) is 4.28. The molecular formula is C19H20ClNO3. The highest BCUT2D eigenvalue weighted by Gasteiger charge is 2.59. The number of nitrogens with zero attached hydrogens (tertiary/aromatic N) is 1. The van der Waals surface area contributed by atoms with Gasteiger partial charge in [0.25, 0.3) is 0 Å². The summed E-state index contributed by atoms with van der Waals surface area (Å²) in [6, 6.07) is 11.2. The van der Waals surface area contributed by atoms with E-state index in [1.165, 1.54) is 0 Å². The van der Waals surface area contributed by atoms with Crippen molar-refractivity contribution in [2.24, 2.45) is 11.3 Å². The van der Waals surface area contributed by atoms with Gasteiger partial charge in [-0.1, -0.05) is 11.6 Å². The number of hydrogen-bond donors (Lipinski definition) is 0. The molecular weight excluding hydrogens is 326 g/mol. The number of anilines is 1. The molecule has 4 rings (SSSR count). The van der Waals surface area contributed by atoms with E-state index in [0.29, 0.717) is 11.6 Å². The van der Waals surface area contributed by atoms with Crippen LogP contribution in [0.3, 0.4) is 0 Å². The zero-order valence-electron chi connectivity index (χ0n) is 13.4. The van der Waals surface area contributed by atoms with Gasteiger partial charge in [-0.25, -0.2) is 0 Å². The Morgan fingerprint density at radius 1 is 1.21 bits per heavy atom. The number of furan rings is 1. The van der Waals surface area contributed by atoms with Crippen molar-refractivity contribution in [1.29, 1.82) is 0 Å². The van der Waals surface area contributed by atoms with Gasteiger partial charge in [0.15, 0.2) is 0 Å². The van der Waals surface area contributed by atoms with Crippen LogP contribution < -0.4 is 4.90 Å². The fraction of sp³-hybridized carbons (Fsp3) is 0.421. The van der Waals surface area contributed by atoms with Crippen LogP contribution in [-0.4, -0.2) is 19.1 Å². The summed E-state index contributed by atoms with van der Waals surface area (Å²) in [5.41, 5.74) is 1.01. The Balaban J connectivity index is 1.58. The second kappa shape index (κ2) is 6.26. The van der Waals surface area contributed by atoms with Gasteiger partial charge in [-0.2, -0.15) is 0 Å². The highest BCUT2D eigenvalue weighted by molar-refractivity contribution is 6.30. The highest BCUT2D eigenvalue weighted by atomic mass is 35.5. The number of hydrogen-bond acceptors (Lipinski definition) is 3. The van der Waals surface area contributed by atoms with Crippen LogP contribution in [0.5, 0.6) is 0 Å². The fourth-order valence-electron chi connectivity index (χ4n) is 3.69. The number of rotatable bonds is 4. The maximum absolute atomic E-state index is 13.2. The summed E-state index contributed by atoms with van der Waals surface area (Å²) in [7, 11) is 0. The van der Waals surface area contributed by atoms with Gasteiger partial charge in [0, 0.05) is 29.8 Å². The van der Waals surface area contributed by atoms with Crippen LogP contribution in [0.4, 0.5) is 5.69 Å². The Kier molecular flexibility index (Phi) is 4.10.